The Hall–Kier alpha value is -1.71. The van der Waals surface area contributed by atoms with Gasteiger partial charge in [-0.1, -0.05) is 6.08 Å². The van der Waals surface area contributed by atoms with Crippen LogP contribution >= 0.6 is 0 Å². The van der Waals surface area contributed by atoms with Gasteiger partial charge >= 0.3 is 5.97 Å². The molecule has 1 aliphatic carbocycles. The summed E-state index contributed by atoms with van der Waals surface area (Å²) in [6.07, 6.45) is 4.62. The monoisotopic (exact) mass is 294 g/mol. The molecule has 1 aromatic rings. The number of esters is 1. The molecule has 1 aromatic carbocycles. The Morgan fingerprint density at radius 3 is 2.71 bits per heavy atom. The Morgan fingerprint density at radius 1 is 1.38 bits per heavy atom. The SMILES string of the molecule is CCOC(=O)CC1CC=C(c2c(C)cc(F)cc2F)CC1. The van der Waals surface area contributed by atoms with E-state index in [4.69, 9.17) is 4.74 Å². The first kappa shape index (κ1) is 15.7. The van der Waals surface area contributed by atoms with Gasteiger partial charge in [0.2, 0.25) is 0 Å². The Labute approximate surface area is 123 Å². The van der Waals surface area contributed by atoms with Crippen molar-refractivity contribution in [2.75, 3.05) is 6.61 Å². The molecule has 0 radical (unpaired) electrons. The maximum absolute atomic E-state index is 13.9. The molecule has 0 saturated carbocycles. The zero-order valence-electron chi connectivity index (χ0n) is 12.4. The summed E-state index contributed by atoms with van der Waals surface area (Å²) in [4.78, 5) is 11.5. The van der Waals surface area contributed by atoms with Gasteiger partial charge in [0, 0.05) is 18.1 Å². The van der Waals surface area contributed by atoms with Crippen LogP contribution in [0.1, 0.15) is 43.7 Å². The molecule has 1 unspecified atom stereocenters. The second-order valence-electron chi connectivity index (χ2n) is 5.46. The van der Waals surface area contributed by atoms with E-state index in [0.717, 1.165) is 24.5 Å². The van der Waals surface area contributed by atoms with Crippen molar-refractivity contribution in [2.45, 2.75) is 39.5 Å². The lowest BCUT2D eigenvalue weighted by Crippen LogP contribution is -2.14. The summed E-state index contributed by atoms with van der Waals surface area (Å²) in [5.74, 6) is -0.993. The van der Waals surface area contributed by atoms with E-state index in [2.05, 4.69) is 0 Å². The smallest absolute Gasteiger partial charge is 0.306 e. The lowest BCUT2D eigenvalue weighted by Gasteiger charge is -2.22. The van der Waals surface area contributed by atoms with Crippen LogP contribution in [0.5, 0.6) is 0 Å². The molecule has 0 aliphatic heterocycles. The van der Waals surface area contributed by atoms with E-state index < -0.39 is 11.6 Å². The van der Waals surface area contributed by atoms with Gasteiger partial charge < -0.3 is 4.74 Å². The molecular weight excluding hydrogens is 274 g/mol. The van der Waals surface area contributed by atoms with Crippen LogP contribution in [0.3, 0.4) is 0 Å². The molecule has 1 aliphatic rings. The third-order valence-corrected chi connectivity index (χ3v) is 3.85. The largest absolute Gasteiger partial charge is 0.466 e. The van der Waals surface area contributed by atoms with E-state index in [1.165, 1.54) is 6.07 Å². The minimum atomic E-state index is -0.551. The zero-order valence-corrected chi connectivity index (χ0v) is 12.4. The van der Waals surface area contributed by atoms with Gasteiger partial charge in [0.05, 0.1) is 6.61 Å². The second kappa shape index (κ2) is 6.83. The van der Waals surface area contributed by atoms with Crippen molar-refractivity contribution in [1.82, 2.24) is 0 Å². The summed E-state index contributed by atoms with van der Waals surface area (Å²) in [7, 11) is 0. The number of aryl methyl sites for hydroxylation is 1. The van der Waals surface area contributed by atoms with E-state index in [-0.39, 0.29) is 11.9 Å². The fraction of sp³-hybridized carbons (Fsp3) is 0.471. The standard InChI is InChI=1S/C17H20F2O2/c1-3-21-16(20)9-12-4-6-13(7-5-12)17-11(2)8-14(18)10-15(17)19/h6,8,10,12H,3-5,7,9H2,1-2H3. The molecule has 0 N–H and O–H groups in total. The topological polar surface area (TPSA) is 26.3 Å². The number of rotatable bonds is 4. The van der Waals surface area contributed by atoms with Crippen molar-refractivity contribution in [2.24, 2.45) is 5.92 Å². The molecule has 0 spiro atoms. The number of benzene rings is 1. The van der Waals surface area contributed by atoms with Crippen molar-refractivity contribution in [3.63, 3.8) is 0 Å². The van der Waals surface area contributed by atoms with Crippen LogP contribution in [-0.4, -0.2) is 12.6 Å². The normalized spacial score (nSPS) is 18.3. The van der Waals surface area contributed by atoms with Crippen molar-refractivity contribution in [1.29, 1.82) is 0 Å². The predicted octanol–water partition coefficient (Wildman–Crippen LogP) is 4.41. The van der Waals surface area contributed by atoms with E-state index in [0.29, 0.717) is 30.6 Å². The van der Waals surface area contributed by atoms with Crippen molar-refractivity contribution in [3.8, 4) is 0 Å². The molecule has 0 amide bonds. The molecule has 0 saturated heterocycles. The highest BCUT2D eigenvalue weighted by molar-refractivity contribution is 5.71. The van der Waals surface area contributed by atoms with Crippen LogP contribution in [-0.2, 0) is 9.53 Å². The molecule has 2 nitrogen and oxygen atoms in total. The molecule has 0 bridgehead atoms. The molecule has 1 atom stereocenters. The van der Waals surface area contributed by atoms with E-state index in [1.54, 1.807) is 13.8 Å². The maximum Gasteiger partial charge on any atom is 0.306 e. The van der Waals surface area contributed by atoms with Gasteiger partial charge in [-0.3, -0.25) is 4.79 Å². The highest BCUT2D eigenvalue weighted by Gasteiger charge is 2.21. The fourth-order valence-corrected chi connectivity index (χ4v) is 2.87. The Kier molecular flexibility index (Phi) is 5.10. The average Bonchev–Trinajstić information content (AvgIpc) is 2.39. The quantitative estimate of drug-likeness (QED) is 0.769. The lowest BCUT2D eigenvalue weighted by atomic mass is 9.83. The molecule has 114 valence electrons. The summed E-state index contributed by atoms with van der Waals surface area (Å²) in [6, 6.07) is 2.28. The van der Waals surface area contributed by atoms with Crippen LogP contribution in [0.2, 0.25) is 0 Å². The average molecular weight is 294 g/mol. The van der Waals surface area contributed by atoms with Crippen LogP contribution in [0, 0.1) is 24.5 Å². The lowest BCUT2D eigenvalue weighted by molar-refractivity contribution is -0.144. The van der Waals surface area contributed by atoms with E-state index >= 15 is 0 Å². The minimum absolute atomic E-state index is 0.177. The number of ether oxygens (including phenoxy) is 1. The molecule has 21 heavy (non-hydrogen) atoms. The number of carbonyl (C=O) groups excluding carboxylic acids is 1. The molecule has 0 fully saturated rings. The number of allylic oxidation sites excluding steroid dienone is 2. The minimum Gasteiger partial charge on any atom is -0.466 e. The van der Waals surface area contributed by atoms with Crippen LogP contribution in [0.25, 0.3) is 5.57 Å². The Bertz CT molecular complexity index is 541. The van der Waals surface area contributed by atoms with Gasteiger partial charge in [0.1, 0.15) is 11.6 Å². The summed E-state index contributed by atoms with van der Waals surface area (Å²) >= 11 is 0. The highest BCUT2D eigenvalue weighted by Crippen LogP contribution is 2.34. The third-order valence-electron chi connectivity index (χ3n) is 3.85. The number of hydrogen-bond donors (Lipinski definition) is 0. The van der Waals surface area contributed by atoms with Crippen LogP contribution < -0.4 is 0 Å². The molecule has 4 heteroatoms. The van der Waals surface area contributed by atoms with Gasteiger partial charge in [-0.25, -0.2) is 8.78 Å². The summed E-state index contributed by atoms with van der Waals surface area (Å²) in [5.41, 5.74) is 2.03. The van der Waals surface area contributed by atoms with Crippen molar-refractivity contribution >= 4 is 11.5 Å². The van der Waals surface area contributed by atoms with Crippen molar-refractivity contribution < 1.29 is 18.3 Å². The third kappa shape index (κ3) is 3.90. The first-order valence-corrected chi connectivity index (χ1v) is 7.32. The first-order valence-electron chi connectivity index (χ1n) is 7.32. The Morgan fingerprint density at radius 2 is 2.14 bits per heavy atom. The molecule has 2 rings (SSSR count). The summed E-state index contributed by atoms with van der Waals surface area (Å²) in [6.45, 7) is 3.90. The molecule has 0 heterocycles. The van der Waals surface area contributed by atoms with Crippen LogP contribution in [0.4, 0.5) is 8.78 Å². The fourth-order valence-electron chi connectivity index (χ4n) is 2.87. The van der Waals surface area contributed by atoms with Gasteiger partial charge in [0.15, 0.2) is 0 Å². The van der Waals surface area contributed by atoms with E-state index in [9.17, 15) is 13.6 Å². The number of hydrogen-bond acceptors (Lipinski definition) is 2. The number of halogens is 2. The van der Waals surface area contributed by atoms with E-state index in [1.807, 2.05) is 6.08 Å². The van der Waals surface area contributed by atoms with Crippen molar-refractivity contribution in [3.05, 3.63) is 41.0 Å². The maximum atomic E-state index is 13.9. The van der Waals surface area contributed by atoms with Gasteiger partial charge in [-0.2, -0.15) is 0 Å². The summed E-state index contributed by atoms with van der Waals surface area (Å²) in [5, 5.41) is 0. The number of carbonyl (C=O) groups is 1. The Balaban J connectivity index is 2.08. The predicted molar refractivity (Wildman–Crippen MR) is 77.7 cm³/mol. The summed E-state index contributed by atoms with van der Waals surface area (Å²) < 4.78 is 32.0. The molecule has 0 aromatic heterocycles. The van der Waals surface area contributed by atoms with Gasteiger partial charge in [0.25, 0.3) is 0 Å². The van der Waals surface area contributed by atoms with Gasteiger partial charge in [-0.15, -0.1) is 0 Å². The first-order chi connectivity index (χ1) is 10.0. The zero-order chi connectivity index (χ0) is 15.4. The van der Waals surface area contributed by atoms with Gasteiger partial charge in [-0.05, 0) is 56.2 Å². The highest BCUT2D eigenvalue weighted by atomic mass is 19.1. The second-order valence-corrected chi connectivity index (χ2v) is 5.46. The van der Waals surface area contributed by atoms with Crippen LogP contribution in [0.15, 0.2) is 18.2 Å². The molecular formula is C17H20F2O2.